The fraction of sp³-hybridized carbons (Fsp3) is 0.450. The lowest BCUT2D eigenvalue weighted by Crippen LogP contribution is -2.43. The van der Waals surface area contributed by atoms with Crippen molar-refractivity contribution in [2.45, 2.75) is 32.6 Å². The zero-order chi connectivity index (χ0) is 17.5. The van der Waals surface area contributed by atoms with E-state index in [1.165, 1.54) is 0 Å². The Kier molecular flexibility index (Phi) is 5.99. The van der Waals surface area contributed by atoms with Gasteiger partial charge in [-0.2, -0.15) is 0 Å². The molecular weight excluding hydrogens is 312 g/mol. The Morgan fingerprint density at radius 3 is 2.92 bits per heavy atom. The zero-order valence-corrected chi connectivity index (χ0v) is 14.8. The second-order valence-electron chi connectivity index (χ2n) is 6.53. The molecule has 1 saturated heterocycles. The lowest BCUT2D eigenvalue weighted by atomic mass is 9.97. The third kappa shape index (κ3) is 4.56. The molecule has 2 aromatic rings. The molecule has 0 aliphatic carbocycles. The predicted molar refractivity (Wildman–Crippen MR) is 100 cm³/mol. The van der Waals surface area contributed by atoms with Gasteiger partial charge in [-0.05, 0) is 25.3 Å². The van der Waals surface area contributed by atoms with E-state index < -0.39 is 0 Å². The first-order chi connectivity index (χ1) is 12.3. The summed E-state index contributed by atoms with van der Waals surface area (Å²) in [6.45, 7) is 4.57. The topological polar surface area (TPSA) is 58.1 Å². The maximum Gasteiger partial charge on any atom is 0.224 e. The third-order valence-corrected chi connectivity index (χ3v) is 4.62. The quantitative estimate of drug-likeness (QED) is 0.821. The highest BCUT2D eigenvalue weighted by Gasteiger charge is 2.26. The van der Waals surface area contributed by atoms with Crippen LogP contribution >= 0.6 is 0 Å². The number of amides is 1. The Morgan fingerprint density at radius 1 is 1.28 bits per heavy atom. The van der Waals surface area contributed by atoms with Gasteiger partial charge in [0.25, 0.3) is 0 Å². The second-order valence-corrected chi connectivity index (χ2v) is 6.53. The van der Waals surface area contributed by atoms with E-state index in [1.54, 1.807) is 6.20 Å². The Labute approximate surface area is 149 Å². The second kappa shape index (κ2) is 8.60. The highest BCUT2D eigenvalue weighted by atomic mass is 16.1. The maximum absolute atomic E-state index is 12.4. The number of aromatic nitrogens is 2. The maximum atomic E-state index is 12.4. The van der Waals surface area contributed by atoms with Crippen LogP contribution in [0.3, 0.4) is 0 Å². The smallest absolute Gasteiger partial charge is 0.224 e. The van der Waals surface area contributed by atoms with Crippen LogP contribution in [0.1, 0.15) is 32.6 Å². The van der Waals surface area contributed by atoms with Crippen LogP contribution in [-0.4, -0.2) is 35.5 Å². The average Bonchev–Trinajstić information content (AvgIpc) is 2.69. The van der Waals surface area contributed by atoms with E-state index in [0.717, 1.165) is 62.5 Å². The van der Waals surface area contributed by atoms with Gasteiger partial charge in [-0.3, -0.25) is 4.79 Å². The summed E-state index contributed by atoms with van der Waals surface area (Å²) in [5, 5.41) is 3.06. The van der Waals surface area contributed by atoms with E-state index >= 15 is 0 Å². The van der Waals surface area contributed by atoms with E-state index in [2.05, 4.69) is 22.1 Å². The molecule has 132 valence electrons. The van der Waals surface area contributed by atoms with Crippen LogP contribution in [-0.2, 0) is 4.79 Å². The number of carbonyl (C=O) groups is 1. The minimum Gasteiger partial charge on any atom is -0.356 e. The largest absolute Gasteiger partial charge is 0.356 e. The Bertz CT molecular complexity index is 689. The summed E-state index contributed by atoms with van der Waals surface area (Å²) in [6.07, 6.45) is 5.89. The van der Waals surface area contributed by atoms with Crippen LogP contribution in [0, 0.1) is 5.92 Å². The van der Waals surface area contributed by atoms with Gasteiger partial charge >= 0.3 is 0 Å². The molecule has 1 atom stereocenters. The van der Waals surface area contributed by atoms with Crippen molar-refractivity contribution in [1.29, 1.82) is 0 Å². The van der Waals surface area contributed by atoms with Crippen molar-refractivity contribution in [2.24, 2.45) is 5.92 Å². The summed E-state index contributed by atoms with van der Waals surface area (Å²) < 4.78 is 0. The number of benzene rings is 1. The molecular formula is C20H26N4O. The van der Waals surface area contributed by atoms with Crippen molar-refractivity contribution in [3.8, 4) is 11.4 Å². The molecule has 0 bridgehead atoms. The summed E-state index contributed by atoms with van der Waals surface area (Å²) >= 11 is 0. The number of hydrogen-bond acceptors (Lipinski definition) is 4. The number of piperidine rings is 1. The molecule has 1 amide bonds. The molecule has 0 spiro atoms. The van der Waals surface area contributed by atoms with Gasteiger partial charge in [0.15, 0.2) is 5.82 Å². The molecule has 1 aromatic carbocycles. The molecule has 1 aliphatic heterocycles. The minimum atomic E-state index is 0.0424. The van der Waals surface area contributed by atoms with Crippen LogP contribution in [0.2, 0.25) is 0 Å². The first kappa shape index (κ1) is 17.4. The molecule has 1 unspecified atom stereocenters. The Hall–Kier alpha value is -2.43. The molecule has 2 heterocycles. The van der Waals surface area contributed by atoms with E-state index in [1.807, 2.05) is 36.4 Å². The van der Waals surface area contributed by atoms with E-state index in [9.17, 15) is 4.79 Å². The monoisotopic (exact) mass is 338 g/mol. The summed E-state index contributed by atoms with van der Waals surface area (Å²) in [4.78, 5) is 23.7. The molecule has 1 fully saturated rings. The standard InChI is InChI=1S/C20H26N4O/c1-2-3-12-22-20(25)17-10-7-14-24(15-17)18-11-13-21-19(23-18)16-8-5-4-6-9-16/h4-6,8-9,11,13,17H,2-3,7,10,12,14-15H2,1H3,(H,22,25). The van der Waals surface area contributed by atoms with Crippen molar-refractivity contribution in [1.82, 2.24) is 15.3 Å². The first-order valence-electron chi connectivity index (χ1n) is 9.19. The molecule has 5 heteroatoms. The first-order valence-corrected chi connectivity index (χ1v) is 9.19. The van der Waals surface area contributed by atoms with Gasteiger partial charge in [0.05, 0.1) is 5.92 Å². The average molecular weight is 338 g/mol. The van der Waals surface area contributed by atoms with Crippen LogP contribution in [0.5, 0.6) is 0 Å². The number of nitrogens with one attached hydrogen (secondary N) is 1. The van der Waals surface area contributed by atoms with Crippen LogP contribution < -0.4 is 10.2 Å². The SMILES string of the molecule is CCCCNC(=O)C1CCCN(c2ccnc(-c3ccccc3)n2)C1. The normalized spacial score (nSPS) is 17.3. The molecule has 25 heavy (non-hydrogen) atoms. The van der Waals surface area contributed by atoms with Crippen LogP contribution in [0.25, 0.3) is 11.4 Å². The highest BCUT2D eigenvalue weighted by molar-refractivity contribution is 5.79. The fourth-order valence-electron chi connectivity index (χ4n) is 3.18. The van der Waals surface area contributed by atoms with Crippen molar-refractivity contribution >= 4 is 11.7 Å². The van der Waals surface area contributed by atoms with Gasteiger partial charge in [-0.1, -0.05) is 43.7 Å². The lowest BCUT2D eigenvalue weighted by Gasteiger charge is -2.33. The number of hydrogen-bond donors (Lipinski definition) is 1. The van der Waals surface area contributed by atoms with Gasteiger partial charge < -0.3 is 10.2 Å². The molecule has 1 aliphatic rings. The van der Waals surface area contributed by atoms with Gasteiger partial charge in [0, 0.05) is 31.4 Å². The molecule has 1 aromatic heterocycles. The minimum absolute atomic E-state index is 0.0424. The summed E-state index contributed by atoms with van der Waals surface area (Å²) in [7, 11) is 0. The molecule has 3 rings (SSSR count). The summed E-state index contributed by atoms with van der Waals surface area (Å²) in [6, 6.07) is 11.9. The highest BCUT2D eigenvalue weighted by Crippen LogP contribution is 2.23. The van der Waals surface area contributed by atoms with Gasteiger partial charge in [0.2, 0.25) is 5.91 Å². The Morgan fingerprint density at radius 2 is 2.12 bits per heavy atom. The molecule has 5 nitrogen and oxygen atoms in total. The van der Waals surface area contributed by atoms with Gasteiger partial charge in [0.1, 0.15) is 5.82 Å². The number of anilines is 1. The van der Waals surface area contributed by atoms with Crippen molar-refractivity contribution in [2.75, 3.05) is 24.5 Å². The van der Waals surface area contributed by atoms with Gasteiger partial charge in [-0.25, -0.2) is 9.97 Å². The van der Waals surface area contributed by atoms with E-state index in [4.69, 9.17) is 4.98 Å². The molecule has 1 N–H and O–H groups in total. The summed E-state index contributed by atoms with van der Waals surface area (Å²) in [5.74, 6) is 1.85. The van der Waals surface area contributed by atoms with Crippen molar-refractivity contribution < 1.29 is 4.79 Å². The van der Waals surface area contributed by atoms with Crippen LogP contribution in [0.15, 0.2) is 42.6 Å². The molecule has 0 saturated carbocycles. The summed E-state index contributed by atoms with van der Waals surface area (Å²) in [5.41, 5.74) is 1.01. The number of carbonyl (C=O) groups excluding carboxylic acids is 1. The van der Waals surface area contributed by atoms with Crippen LogP contribution in [0.4, 0.5) is 5.82 Å². The van der Waals surface area contributed by atoms with Crippen molar-refractivity contribution in [3.63, 3.8) is 0 Å². The number of nitrogens with zero attached hydrogens (tertiary/aromatic N) is 3. The van der Waals surface area contributed by atoms with E-state index in [-0.39, 0.29) is 11.8 Å². The number of unbranched alkanes of at least 4 members (excludes halogenated alkanes) is 1. The number of rotatable bonds is 6. The third-order valence-electron chi connectivity index (χ3n) is 4.62. The lowest BCUT2D eigenvalue weighted by molar-refractivity contribution is -0.125. The van der Waals surface area contributed by atoms with Crippen molar-refractivity contribution in [3.05, 3.63) is 42.6 Å². The zero-order valence-electron chi connectivity index (χ0n) is 14.8. The fourth-order valence-corrected chi connectivity index (χ4v) is 3.18. The van der Waals surface area contributed by atoms with Gasteiger partial charge in [-0.15, -0.1) is 0 Å². The predicted octanol–water partition coefficient (Wildman–Crippen LogP) is 3.28. The Balaban J connectivity index is 1.68. The van der Waals surface area contributed by atoms with E-state index in [0.29, 0.717) is 0 Å². The molecule has 0 radical (unpaired) electrons.